The maximum absolute atomic E-state index is 12.7. The Morgan fingerprint density at radius 2 is 1.32 bits per heavy atom. The first-order valence-corrected chi connectivity index (χ1v) is 12.5. The van der Waals surface area contributed by atoms with Crippen LogP contribution in [0.4, 0.5) is 9.59 Å². The minimum atomic E-state index is -2.42. The number of amides is 1. The van der Waals surface area contributed by atoms with Crippen LogP contribution in [-0.2, 0) is 23.4 Å². The van der Waals surface area contributed by atoms with Crippen molar-refractivity contribution in [3.05, 3.63) is 0 Å². The summed E-state index contributed by atoms with van der Waals surface area (Å²) in [5.74, 6) is -0.369. The molecule has 0 aliphatic carbocycles. The van der Waals surface area contributed by atoms with Crippen LogP contribution in [0.5, 0.6) is 0 Å². The van der Waals surface area contributed by atoms with E-state index in [-0.39, 0.29) is 30.1 Å². The second-order valence-corrected chi connectivity index (χ2v) is 13.9. The van der Waals surface area contributed by atoms with Crippen molar-refractivity contribution in [1.82, 2.24) is 5.32 Å². The fourth-order valence-corrected chi connectivity index (χ4v) is 2.45. The van der Waals surface area contributed by atoms with Gasteiger partial charge in [0.1, 0.15) is 6.61 Å². The van der Waals surface area contributed by atoms with Crippen molar-refractivity contribution in [1.29, 1.82) is 0 Å². The summed E-state index contributed by atoms with van der Waals surface area (Å²) in [5, 5.41) is 2.21. The van der Waals surface area contributed by atoms with Gasteiger partial charge < -0.3 is 24.0 Å². The minimum Gasteiger partial charge on any atom is -0.517 e. The van der Waals surface area contributed by atoms with Crippen molar-refractivity contribution in [3.63, 3.8) is 0 Å². The van der Waals surface area contributed by atoms with Crippen molar-refractivity contribution in [2.75, 3.05) is 19.8 Å². The van der Waals surface area contributed by atoms with Gasteiger partial charge in [-0.1, -0.05) is 48.5 Å². The number of carbonyl (C=O) groups excluding carboxylic acids is 3. The molecule has 8 nitrogen and oxygen atoms in total. The van der Waals surface area contributed by atoms with Crippen LogP contribution in [0.1, 0.15) is 48.5 Å². The first kappa shape index (κ1) is 26.2. The molecule has 0 spiro atoms. The van der Waals surface area contributed by atoms with Crippen molar-refractivity contribution in [2.24, 2.45) is 11.8 Å². The normalized spacial score (nSPS) is 13.1. The highest BCUT2D eigenvalue weighted by molar-refractivity contribution is 6.75. The van der Waals surface area contributed by atoms with Crippen LogP contribution in [0.2, 0.25) is 18.1 Å². The molecule has 0 fully saturated rings. The molecular weight excluding hydrogens is 382 g/mol. The summed E-state index contributed by atoms with van der Waals surface area (Å²) in [6, 6.07) is -1.18. The lowest BCUT2D eigenvalue weighted by Crippen LogP contribution is -2.51. The Balaban J connectivity index is 5.03. The van der Waals surface area contributed by atoms with Gasteiger partial charge in [0.15, 0.2) is 6.04 Å². The van der Waals surface area contributed by atoms with Gasteiger partial charge in [-0.25, -0.2) is 9.59 Å². The molecule has 1 N–H and O–H groups in total. The van der Waals surface area contributed by atoms with Crippen molar-refractivity contribution >= 4 is 26.5 Å². The number of hydrogen-bond acceptors (Lipinski definition) is 7. The van der Waals surface area contributed by atoms with Gasteiger partial charge in [-0.15, -0.1) is 0 Å². The molecule has 0 radical (unpaired) electrons. The lowest BCUT2D eigenvalue weighted by Gasteiger charge is -2.36. The molecule has 0 aromatic carbocycles. The largest absolute Gasteiger partial charge is 0.517 e. The van der Waals surface area contributed by atoms with Crippen LogP contribution < -0.4 is 5.32 Å². The van der Waals surface area contributed by atoms with E-state index in [1.807, 2.05) is 61.6 Å². The average Bonchev–Trinajstić information content (AvgIpc) is 2.53. The molecule has 0 aliphatic heterocycles. The molecular formula is C19H37NO7Si. The lowest BCUT2D eigenvalue weighted by atomic mass is 10.2. The Hall–Kier alpha value is -1.77. The summed E-state index contributed by atoms with van der Waals surface area (Å²) in [4.78, 5) is 36.3. The summed E-state index contributed by atoms with van der Waals surface area (Å²) in [5.41, 5.74) is 0. The number of carbonyl (C=O) groups is 3. The van der Waals surface area contributed by atoms with E-state index in [9.17, 15) is 14.4 Å². The smallest absolute Gasteiger partial charge is 0.508 e. The van der Waals surface area contributed by atoms with Crippen molar-refractivity contribution < 1.29 is 33.0 Å². The van der Waals surface area contributed by atoms with Gasteiger partial charge in [0, 0.05) is 0 Å². The minimum absolute atomic E-state index is 0.144. The van der Waals surface area contributed by atoms with Crippen molar-refractivity contribution in [3.8, 4) is 0 Å². The number of ether oxygens (including phenoxy) is 3. The molecule has 0 aliphatic rings. The highest BCUT2D eigenvalue weighted by Crippen LogP contribution is 2.36. The third kappa shape index (κ3) is 10.5. The number of nitrogens with one attached hydrogen (secondary N) is 1. The van der Waals surface area contributed by atoms with E-state index in [2.05, 4.69) is 5.32 Å². The van der Waals surface area contributed by atoms with Gasteiger partial charge in [-0.2, -0.15) is 0 Å². The quantitative estimate of drug-likeness (QED) is 0.443. The molecule has 0 saturated heterocycles. The summed E-state index contributed by atoms with van der Waals surface area (Å²) in [6.45, 7) is 17.4. The van der Waals surface area contributed by atoms with Crippen LogP contribution >= 0.6 is 0 Å². The van der Waals surface area contributed by atoms with E-state index in [0.717, 1.165) is 0 Å². The number of alkyl carbamates (subject to hydrolysis) is 1. The SMILES string of the molecule is CC(C)COC(=O)N[C@@H](COC(=O)OCC(C)C)C(=O)O[Si](C)(C)C(C)(C)C. The van der Waals surface area contributed by atoms with Gasteiger partial charge in [-0.05, 0) is 30.0 Å². The molecule has 0 aromatic heterocycles. The third-order valence-electron chi connectivity index (χ3n) is 4.19. The molecule has 0 saturated carbocycles. The predicted octanol–water partition coefficient (Wildman–Crippen LogP) is 4.09. The van der Waals surface area contributed by atoms with Crippen LogP contribution in [0.15, 0.2) is 0 Å². The molecule has 0 aromatic rings. The van der Waals surface area contributed by atoms with Crippen LogP contribution in [0.25, 0.3) is 0 Å². The molecule has 1 atom stereocenters. The Bertz CT molecular complexity index is 527. The second-order valence-electron chi connectivity index (χ2n) is 9.14. The van der Waals surface area contributed by atoms with E-state index in [4.69, 9.17) is 18.6 Å². The molecule has 1 amide bonds. The first-order chi connectivity index (χ1) is 12.7. The van der Waals surface area contributed by atoms with Gasteiger partial charge >= 0.3 is 18.2 Å². The Morgan fingerprint density at radius 3 is 1.79 bits per heavy atom. The fourth-order valence-electron chi connectivity index (χ4n) is 1.50. The summed E-state index contributed by atoms with van der Waals surface area (Å²) < 4.78 is 20.7. The van der Waals surface area contributed by atoms with E-state index < -0.39 is 39.2 Å². The van der Waals surface area contributed by atoms with Gasteiger partial charge in [0.05, 0.1) is 13.2 Å². The zero-order valence-corrected chi connectivity index (χ0v) is 19.7. The maximum Gasteiger partial charge on any atom is 0.508 e. The Kier molecular flexibility index (Phi) is 10.6. The molecule has 164 valence electrons. The summed E-state index contributed by atoms with van der Waals surface area (Å²) >= 11 is 0. The van der Waals surface area contributed by atoms with Gasteiger partial charge in [-0.3, -0.25) is 4.79 Å². The van der Waals surface area contributed by atoms with E-state index in [0.29, 0.717) is 0 Å². The standard InChI is InChI=1S/C19H37NO7Si/c1-13(2)10-24-17(22)20-15(12-26-18(23)25-11-14(3)4)16(21)27-28(8,9)19(5,6)7/h13-15H,10-12H2,1-9H3,(H,20,22)/t15-/m0/s1. The summed E-state index contributed by atoms with van der Waals surface area (Å²) in [6.07, 6.45) is -1.68. The van der Waals surface area contributed by atoms with Crippen LogP contribution in [-0.4, -0.2) is 52.4 Å². The third-order valence-corrected chi connectivity index (χ3v) is 8.51. The molecule has 0 unspecified atom stereocenters. The van der Waals surface area contributed by atoms with Gasteiger partial charge in [0.25, 0.3) is 8.32 Å². The molecule has 0 heterocycles. The predicted molar refractivity (Wildman–Crippen MR) is 109 cm³/mol. The lowest BCUT2D eigenvalue weighted by molar-refractivity contribution is -0.139. The summed E-state index contributed by atoms with van der Waals surface area (Å²) in [7, 11) is -2.42. The molecule has 28 heavy (non-hydrogen) atoms. The highest BCUT2D eigenvalue weighted by atomic mass is 28.4. The zero-order chi connectivity index (χ0) is 22.1. The highest BCUT2D eigenvalue weighted by Gasteiger charge is 2.42. The van der Waals surface area contributed by atoms with Crippen molar-refractivity contribution in [2.45, 2.75) is 72.6 Å². The first-order valence-electron chi connectivity index (χ1n) is 9.61. The second kappa shape index (κ2) is 11.3. The molecule has 0 bridgehead atoms. The monoisotopic (exact) mass is 419 g/mol. The van der Waals surface area contributed by atoms with Crippen LogP contribution in [0.3, 0.4) is 0 Å². The maximum atomic E-state index is 12.7. The van der Waals surface area contributed by atoms with E-state index in [1.54, 1.807) is 0 Å². The number of hydrogen-bond donors (Lipinski definition) is 1. The number of rotatable bonds is 9. The van der Waals surface area contributed by atoms with Crippen LogP contribution in [0, 0.1) is 11.8 Å². The molecule has 0 rings (SSSR count). The topological polar surface area (TPSA) is 100 Å². The average molecular weight is 420 g/mol. The van der Waals surface area contributed by atoms with E-state index in [1.165, 1.54) is 0 Å². The Labute approximate surface area is 169 Å². The fraction of sp³-hybridized carbons (Fsp3) is 0.842. The van der Waals surface area contributed by atoms with E-state index >= 15 is 0 Å². The zero-order valence-electron chi connectivity index (χ0n) is 18.7. The molecule has 9 heteroatoms. The van der Waals surface area contributed by atoms with Gasteiger partial charge in [0.2, 0.25) is 0 Å². The Morgan fingerprint density at radius 1 is 0.857 bits per heavy atom.